The van der Waals surface area contributed by atoms with Gasteiger partial charge in [0.2, 0.25) is 0 Å². The van der Waals surface area contributed by atoms with Crippen molar-refractivity contribution in [3.05, 3.63) is 11.1 Å². The second-order valence-corrected chi connectivity index (χ2v) is 4.46. The Morgan fingerprint density at radius 1 is 1.43 bits per heavy atom. The molecule has 2 heteroatoms. The Hall–Kier alpha value is -0.790. The molecule has 0 aromatic carbocycles. The van der Waals surface area contributed by atoms with E-state index in [0.29, 0.717) is 6.61 Å². The van der Waals surface area contributed by atoms with Crippen LogP contribution in [0.15, 0.2) is 11.1 Å². The third-order valence-corrected chi connectivity index (χ3v) is 3.03. The Balaban J connectivity index is 2.83. The molecule has 0 aliphatic heterocycles. The summed E-state index contributed by atoms with van der Waals surface area (Å²) in [6.45, 7) is 8.38. The average Bonchev–Trinajstić information content (AvgIpc) is 2.52. The van der Waals surface area contributed by atoms with Gasteiger partial charge in [-0.15, -0.1) is 0 Å². The van der Waals surface area contributed by atoms with Crippen molar-refractivity contribution in [2.24, 2.45) is 5.41 Å². The number of hydrogen-bond acceptors (Lipinski definition) is 2. The maximum atomic E-state index is 11.7. The molecule has 0 N–H and O–H groups in total. The topological polar surface area (TPSA) is 26.3 Å². The van der Waals surface area contributed by atoms with Crippen LogP contribution in [0, 0.1) is 5.41 Å². The van der Waals surface area contributed by atoms with Crippen LogP contribution in [0.1, 0.15) is 47.0 Å². The molecule has 14 heavy (non-hydrogen) atoms. The fourth-order valence-electron chi connectivity index (χ4n) is 2.18. The molecule has 0 aromatic rings. The molecule has 0 saturated carbocycles. The van der Waals surface area contributed by atoms with Crippen molar-refractivity contribution in [1.29, 1.82) is 0 Å². The molecule has 0 atom stereocenters. The van der Waals surface area contributed by atoms with Gasteiger partial charge in [0.15, 0.2) is 0 Å². The van der Waals surface area contributed by atoms with Crippen LogP contribution in [0.25, 0.3) is 0 Å². The van der Waals surface area contributed by atoms with E-state index in [4.69, 9.17) is 4.74 Å². The highest BCUT2D eigenvalue weighted by Crippen LogP contribution is 2.39. The van der Waals surface area contributed by atoms with Crippen LogP contribution in [0.2, 0.25) is 0 Å². The lowest BCUT2D eigenvalue weighted by Crippen LogP contribution is -2.28. The van der Waals surface area contributed by atoms with Crippen LogP contribution < -0.4 is 0 Å². The van der Waals surface area contributed by atoms with E-state index < -0.39 is 5.41 Å². The van der Waals surface area contributed by atoms with Crippen molar-refractivity contribution in [1.82, 2.24) is 0 Å². The number of allylic oxidation sites excluding steroid dienone is 1. The zero-order chi connectivity index (χ0) is 10.8. The van der Waals surface area contributed by atoms with Crippen molar-refractivity contribution in [3.63, 3.8) is 0 Å². The number of carbonyl (C=O) groups excluding carboxylic acids is 1. The third-order valence-electron chi connectivity index (χ3n) is 3.03. The second-order valence-electron chi connectivity index (χ2n) is 4.46. The Labute approximate surface area is 86.3 Å². The Bertz CT molecular complexity index is 261. The Kier molecular flexibility index (Phi) is 3.35. The highest BCUT2D eigenvalue weighted by Gasteiger charge is 2.35. The highest BCUT2D eigenvalue weighted by atomic mass is 16.5. The molecule has 0 radical (unpaired) electrons. The van der Waals surface area contributed by atoms with Crippen LogP contribution in [0.3, 0.4) is 0 Å². The summed E-state index contributed by atoms with van der Waals surface area (Å²) in [5.74, 6) is -0.0868. The fraction of sp³-hybridized carbons (Fsp3) is 0.750. The minimum Gasteiger partial charge on any atom is -0.465 e. The predicted octanol–water partition coefficient (Wildman–Crippen LogP) is 3.08. The third kappa shape index (κ3) is 1.99. The molecule has 80 valence electrons. The van der Waals surface area contributed by atoms with Gasteiger partial charge in [-0.1, -0.05) is 11.1 Å². The van der Waals surface area contributed by atoms with Crippen LogP contribution in [-0.2, 0) is 9.53 Å². The first kappa shape index (κ1) is 11.3. The summed E-state index contributed by atoms with van der Waals surface area (Å²) in [6, 6.07) is 0. The maximum absolute atomic E-state index is 11.7. The first-order chi connectivity index (χ1) is 6.50. The van der Waals surface area contributed by atoms with Gasteiger partial charge in [0, 0.05) is 0 Å². The van der Waals surface area contributed by atoms with Gasteiger partial charge < -0.3 is 4.74 Å². The molecular weight excluding hydrogens is 176 g/mol. The molecule has 1 aliphatic carbocycles. The van der Waals surface area contributed by atoms with Gasteiger partial charge in [-0.25, -0.2) is 0 Å². The zero-order valence-corrected chi connectivity index (χ0v) is 9.64. The number of rotatable bonds is 3. The van der Waals surface area contributed by atoms with Crippen LogP contribution in [0.4, 0.5) is 0 Å². The molecule has 2 nitrogen and oxygen atoms in total. The minimum absolute atomic E-state index is 0.0868. The molecule has 0 spiro atoms. The number of hydrogen-bond donors (Lipinski definition) is 0. The van der Waals surface area contributed by atoms with Crippen LogP contribution in [-0.4, -0.2) is 12.6 Å². The summed E-state index contributed by atoms with van der Waals surface area (Å²) >= 11 is 0. The molecule has 0 aromatic heterocycles. The van der Waals surface area contributed by atoms with Gasteiger partial charge in [0.05, 0.1) is 12.0 Å². The first-order valence-electron chi connectivity index (χ1n) is 5.36. The standard InChI is InChI=1S/C12H20O2/c1-5-14-11(13)12(3,4)10-8-6-7-9(10)2/h5-8H2,1-4H3. The smallest absolute Gasteiger partial charge is 0.315 e. The monoisotopic (exact) mass is 196 g/mol. The molecule has 0 unspecified atom stereocenters. The molecule has 1 rings (SSSR count). The Morgan fingerprint density at radius 2 is 2.07 bits per heavy atom. The van der Waals surface area contributed by atoms with E-state index in [1.54, 1.807) is 0 Å². The quantitative estimate of drug-likeness (QED) is 0.512. The van der Waals surface area contributed by atoms with Gasteiger partial charge in [0.25, 0.3) is 0 Å². The van der Waals surface area contributed by atoms with E-state index in [0.717, 1.165) is 12.8 Å². The van der Waals surface area contributed by atoms with Crippen LogP contribution in [0.5, 0.6) is 0 Å². The summed E-state index contributed by atoms with van der Waals surface area (Å²) in [7, 11) is 0. The summed E-state index contributed by atoms with van der Waals surface area (Å²) in [5, 5.41) is 0. The van der Waals surface area contributed by atoms with Crippen molar-refractivity contribution in [3.8, 4) is 0 Å². The Morgan fingerprint density at radius 3 is 2.50 bits per heavy atom. The van der Waals surface area contributed by atoms with Crippen molar-refractivity contribution in [2.75, 3.05) is 6.61 Å². The van der Waals surface area contributed by atoms with Crippen molar-refractivity contribution in [2.45, 2.75) is 47.0 Å². The summed E-state index contributed by atoms with van der Waals surface area (Å²) in [6.07, 6.45) is 3.37. The number of carbonyl (C=O) groups is 1. The van der Waals surface area contributed by atoms with E-state index >= 15 is 0 Å². The molecule has 1 aliphatic rings. The van der Waals surface area contributed by atoms with E-state index in [9.17, 15) is 4.79 Å². The largest absolute Gasteiger partial charge is 0.465 e. The first-order valence-corrected chi connectivity index (χ1v) is 5.36. The molecule has 0 saturated heterocycles. The molecule has 0 amide bonds. The SMILES string of the molecule is CCOC(=O)C(C)(C)C1=C(C)CCC1. The molecular formula is C12H20O2. The molecule has 0 fully saturated rings. The number of ether oxygens (including phenoxy) is 1. The van der Waals surface area contributed by atoms with E-state index in [-0.39, 0.29) is 5.97 Å². The van der Waals surface area contributed by atoms with Gasteiger partial charge in [-0.3, -0.25) is 4.79 Å². The average molecular weight is 196 g/mol. The lowest BCUT2D eigenvalue weighted by atomic mass is 9.82. The normalized spacial score (nSPS) is 17.4. The van der Waals surface area contributed by atoms with E-state index in [1.165, 1.54) is 17.6 Å². The van der Waals surface area contributed by atoms with Gasteiger partial charge in [0.1, 0.15) is 0 Å². The lowest BCUT2D eigenvalue weighted by Gasteiger charge is -2.25. The summed E-state index contributed by atoms with van der Waals surface area (Å²) < 4.78 is 5.09. The van der Waals surface area contributed by atoms with Gasteiger partial charge >= 0.3 is 5.97 Å². The van der Waals surface area contributed by atoms with Gasteiger partial charge in [-0.05, 0) is 47.0 Å². The summed E-state index contributed by atoms with van der Waals surface area (Å²) in [5.41, 5.74) is 2.25. The van der Waals surface area contributed by atoms with Gasteiger partial charge in [-0.2, -0.15) is 0 Å². The van der Waals surface area contributed by atoms with E-state index in [1.807, 2.05) is 20.8 Å². The van der Waals surface area contributed by atoms with Crippen molar-refractivity contribution < 1.29 is 9.53 Å². The van der Waals surface area contributed by atoms with Crippen LogP contribution >= 0.6 is 0 Å². The minimum atomic E-state index is -0.420. The highest BCUT2D eigenvalue weighted by molar-refractivity contribution is 5.80. The lowest BCUT2D eigenvalue weighted by molar-refractivity contribution is -0.151. The maximum Gasteiger partial charge on any atom is 0.315 e. The number of esters is 1. The second kappa shape index (κ2) is 4.16. The fourth-order valence-corrected chi connectivity index (χ4v) is 2.18. The predicted molar refractivity (Wildman–Crippen MR) is 57.0 cm³/mol. The summed E-state index contributed by atoms with van der Waals surface area (Å²) in [4.78, 5) is 11.7. The molecule has 0 heterocycles. The molecule has 0 bridgehead atoms. The zero-order valence-electron chi connectivity index (χ0n) is 9.64. The van der Waals surface area contributed by atoms with Crippen molar-refractivity contribution >= 4 is 5.97 Å². The van der Waals surface area contributed by atoms with E-state index in [2.05, 4.69) is 6.92 Å².